The lowest BCUT2D eigenvalue weighted by Gasteiger charge is -2.32. The Morgan fingerprint density at radius 1 is 0.909 bits per heavy atom. The molecule has 0 aliphatic rings. The van der Waals surface area contributed by atoms with E-state index in [9.17, 15) is 5.11 Å². The third kappa shape index (κ3) is 2.39. The molecule has 2 nitrogen and oxygen atoms in total. The molecule has 3 N–H and O–H groups in total. The van der Waals surface area contributed by atoms with E-state index in [4.69, 9.17) is 5.73 Å². The van der Waals surface area contributed by atoms with Gasteiger partial charge < -0.3 is 10.8 Å². The summed E-state index contributed by atoms with van der Waals surface area (Å²) in [6.07, 6.45) is 0.849. The zero-order valence-electron chi connectivity index (χ0n) is 13.2. The normalized spacial score (nSPS) is 13.6. The lowest BCUT2D eigenvalue weighted by atomic mass is 9.83. The fraction of sp³-hybridized carbons (Fsp3) is 0.300. The second-order valence-electron chi connectivity index (χ2n) is 6.11. The molecule has 0 aromatic heterocycles. The Bertz CT molecular complexity index is 805. The average molecular weight is 293 g/mol. The van der Waals surface area contributed by atoms with Crippen LogP contribution in [0.5, 0.6) is 0 Å². The number of hydrogen-bond acceptors (Lipinski definition) is 2. The highest BCUT2D eigenvalue weighted by Crippen LogP contribution is 2.33. The van der Waals surface area contributed by atoms with Crippen LogP contribution >= 0.6 is 0 Å². The number of rotatable bonds is 4. The molecule has 3 aromatic carbocycles. The molecule has 2 heteroatoms. The number of benzene rings is 3. The molecule has 0 amide bonds. The van der Waals surface area contributed by atoms with Gasteiger partial charge in [-0.1, -0.05) is 62.4 Å². The van der Waals surface area contributed by atoms with Crippen LogP contribution in [0.25, 0.3) is 21.5 Å². The molecule has 3 rings (SSSR count). The van der Waals surface area contributed by atoms with Crippen molar-refractivity contribution < 1.29 is 5.11 Å². The van der Waals surface area contributed by atoms with Crippen LogP contribution in [0.2, 0.25) is 0 Å². The zero-order chi connectivity index (χ0) is 15.7. The maximum absolute atomic E-state index is 10.7. The lowest BCUT2D eigenvalue weighted by Crippen LogP contribution is -2.44. The molecule has 0 bridgehead atoms. The van der Waals surface area contributed by atoms with Gasteiger partial charge in [-0.05, 0) is 46.0 Å². The molecular formula is C20H23NO. The van der Waals surface area contributed by atoms with Crippen molar-refractivity contribution in [2.45, 2.75) is 38.3 Å². The molecule has 1 atom stereocenters. The Balaban J connectivity index is 2.18. The predicted molar refractivity (Wildman–Crippen MR) is 93.9 cm³/mol. The number of aliphatic hydroxyl groups excluding tert-OH is 1. The van der Waals surface area contributed by atoms with Gasteiger partial charge in [0.15, 0.2) is 0 Å². The molecule has 0 aliphatic heterocycles. The highest BCUT2D eigenvalue weighted by atomic mass is 16.3. The van der Waals surface area contributed by atoms with Crippen LogP contribution in [-0.4, -0.2) is 10.6 Å². The van der Waals surface area contributed by atoms with E-state index in [0.29, 0.717) is 0 Å². The summed E-state index contributed by atoms with van der Waals surface area (Å²) < 4.78 is 0. The van der Waals surface area contributed by atoms with E-state index >= 15 is 0 Å². The fourth-order valence-corrected chi connectivity index (χ4v) is 3.16. The Hall–Kier alpha value is -1.90. The van der Waals surface area contributed by atoms with Crippen LogP contribution in [-0.2, 0) is 0 Å². The average Bonchev–Trinajstić information content (AvgIpc) is 2.59. The highest BCUT2D eigenvalue weighted by molar-refractivity contribution is 6.07. The van der Waals surface area contributed by atoms with Crippen molar-refractivity contribution in [3.8, 4) is 0 Å². The summed E-state index contributed by atoms with van der Waals surface area (Å²) in [5.41, 5.74) is 6.71. The highest BCUT2D eigenvalue weighted by Gasteiger charge is 2.31. The monoisotopic (exact) mass is 293 g/mol. The Morgan fingerprint density at radius 2 is 1.50 bits per heavy atom. The van der Waals surface area contributed by atoms with Gasteiger partial charge in [0.2, 0.25) is 0 Å². The summed E-state index contributed by atoms with van der Waals surface area (Å²) in [4.78, 5) is 0. The van der Waals surface area contributed by atoms with Crippen LogP contribution in [0.1, 0.15) is 38.4 Å². The van der Waals surface area contributed by atoms with Crippen molar-refractivity contribution in [3.63, 3.8) is 0 Å². The molecule has 0 saturated carbocycles. The van der Waals surface area contributed by atoms with Gasteiger partial charge in [0.05, 0.1) is 6.10 Å². The smallest absolute Gasteiger partial charge is 0.0969 e. The molecule has 0 radical (unpaired) electrons. The van der Waals surface area contributed by atoms with E-state index in [0.717, 1.165) is 18.4 Å². The Morgan fingerprint density at radius 3 is 2.18 bits per heavy atom. The summed E-state index contributed by atoms with van der Waals surface area (Å²) >= 11 is 0. The molecule has 0 aliphatic carbocycles. The molecule has 0 heterocycles. The topological polar surface area (TPSA) is 46.2 Å². The van der Waals surface area contributed by atoms with Crippen LogP contribution in [0.15, 0.2) is 54.6 Å². The molecule has 1 unspecified atom stereocenters. The van der Waals surface area contributed by atoms with E-state index in [2.05, 4.69) is 42.5 Å². The minimum Gasteiger partial charge on any atom is -0.386 e. The number of aliphatic hydroxyl groups is 1. The van der Waals surface area contributed by atoms with E-state index in [-0.39, 0.29) is 0 Å². The molecule has 0 spiro atoms. The van der Waals surface area contributed by atoms with Crippen molar-refractivity contribution in [2.24, 2.45) is 5.73 Å². The van der Waals surface area contributed by atoms with Gasteiger partial charge in [0.25, 0.3) is 0 Å². The molecule has 3 aromatic rings. The number of nitrogens with two attached hydrogens (primary N) is 1. The first kappa shape index (κ1) is 15.0. The number of hydrogen-bond donors (Lipinski definition) is 2. The van der Waals surface area contributed by atoms with Crippen molar-refractivity contribution >= 4 is 21.5 Å². The number of fused-ring (bicyclic) bond motifs is 3. The Kier molecular flexibility index (Phi) is 3.90. The summed E-state index contributed by atoms with van der Waals surface area (Å²) in [6, 6.07) is 18.8. The van der Waals surface area contributed by atoms with Crippen molar-refractivity contribution in [3.05, 3.63) is 60.2 Å². The van der Waals surface area contributed by atoms with Gasteiger partial charge in [0.1, 0.15) is 0 Å². The first-order valence-electron chi connectivity index (χ1n) is 7.97. The van der Waals surface area contributed by atoms with E-state index in [1.54, 1.807) is 0 Å². The second kappa shape index (κ2) is 5.71. The molecule has 114 valence electrons. The maximum Gasteiger partial charge on any atom is 0.0969 e. The third-order valence-electron chi connectivity index (χ3n) is 4.95. The minimum atomic E-state index is -0.647. The van der Waals surface area contributed by atoms with Crippen LogP contribution < -0.4 is 5.73 Å². The Labute approximate surface area is 131 Å². The fourth-order valence-electron chi connectivity index (χ4n) is 3.16. The second-order valence-corrected chi connectivity index (χ2v) is 6.11. The largest absolute Gasteiger partial charge is 0.386 e. The molecule has 0 saturated heterocycles. The van der Waals surface area contributed by atoms with Gasteiger partial charge in [0, 0.05) is 5.54 Å². The van der Waals surface area contributed by atoms with Crippen molar-refractivity contribution in [1.29, 1.82) is 0 Å². The third-order valence-corrected chi connectivity index (χ3v) is 4.95. The summed E-state index contributed by atoms with van der Waals surface area (Å²) in [5, 5.41) is 15.5. The first-order valence-corrected chi connectivity index (χ1v) is 7.97. The van der Waals surface area contributed by atoms with Gasteiger partial charge in [-0.2, -0.15) is 0 Å². The van der Waals surface area contributed by atoms with Crippen LogP contribution in [0.4, 0.5) is 0 Å². The predicted octanol–water partition coefficient (Wildman–Crippen LogP) is 4.54. The SMILES string of the molecule is CCC(N)(CC)C(O)c1ccc2ccc3ccccc3c2c1. The lowest BCUT2D eigenvalue weighted by molar-refractivity contribution is 0.0781. The van der Waals surface area contributed by atoms with Crippen LogP contribution in [0, 0.1) is 0 Å². The summed E-state index contributed by atoms with van der Waals surface area (Å²) in [5.74, 6) is 0. The molecule has 0 fully saturated rings. The standard InChI is InChI=1S/C20H23NO/c1-3-20(21,4-2)19(22)16-12-11-15-10-9-14-7-5-6-8-17(14)18(15)13-16/h5-13,19,22H,3-4,21H2,1-2H3. The van der Waals surface area contributed by atoms with Gasteiger partial charge in [-0.3, -0.25) is 0 Å². The molecular weight excluding hydrogens is 270 g/mol. The zero-order valence-corrected chi connectivity index (χ0v) is 13.2. The van der Waals surface area contributed by atoms with Crippen LogP contribution in [0.3, 0.4) is 0 Å². The molecule has 22 heavy (non-hydrogen) atoms. The van der Waals surface area contributed by atoms with Gasteiger partial charge in [-0.25, -0.2) is 0 Å². The first-order chi connectivity index (χ1) is 10.6. The summed E-state index contributed by atoms with van der Waals surface area (Å²) in [6.45, 7) is 4.06. The quantitative estimate of drug-likeness (QED) is 0.693. The maximum atomic E-state index is 10.7. The van der Waals surface area contributed by atoms with Crippen molar-refractivity contribution in [2.75, 3.05) is 0 Å². The van der Waals surface area contributed by atoms with Gasteiger partial charge >= 0.3 is 0 Å². The summed E-state index contributed by atoms with van der Waals surface area (Å²) in [7, 11) is 0. The van der Waals surface area contributed by atoms with E-state index < -0.39 is 11.6 Å². The van der Waals surface area contributed by atoms with E-state index in [1.165, 1.54) is 21.5 Å². The van der Waals surface area contributed by atoms with Gasteiger partial charge in [-0.15, -0.1) is 0 Å². The van der Waals surface area contributed by atoms with E-state index in [1.807, 2.05) is 26.0 Å². The minimum absolute atomic E-state index is 0.571. The van der Waals surface area contributed by atoms with Crippen molar-refractivity contribution in [1.82, 2.24) is 0 Å².